The van der Waals surface area contributed by atoms with Crippen LogP contribution in [-0.4, -0.2) is 42.8 Å². The van der Waals surface area contributed by atoms with Gasteiger partial charge in [-0.1, -0.05) is 6.07 Å². The third-order valence-electron chi connectivity index (χ3n) is 3.42. The van der Waals surface area contributed by atoms with E-state index < -0.39 is 5.76 Å². The monoisotopic (exact) mass is 368 g/mol. The average Bonchev–Trinajstić information content (AvgIpc) is 2.60. The number of pyridine rings is 1. The lowest BCUT2D eigenvalue weighted by Crippen LogP contribution is -2.27. The van der Waals surface area contributed by atoms with Gasteiger partial charge < -0.3 is 14.4 Å². The predicted molar refractivity (Wildman–Crippen MR) is 91.4 cm³/mol. The smallest absolute Gasteiger partial charge is 0.290 e. The molecule has 1 amide bonds. The Hall–Kier alpha value is -2.35. The molecule has 0 radical (unpaired) electrons. The van der Waals surface area contributed by atoms with E-state index in [1.807, 2.05) is 6.07 Å². The van der Waals surface area contributed by atoms with Crippen molar-refractivity contribution in [3.63, 3.8) is 0 Å². The van der Waals surface area contributed by atoms with Gasteiger partial charge in [-0.15, -0.1) is 0 Å². The zero-order valence-corrected chi connectivity index (χ0v) is 14.8. The van der Waals surface area contributed by atoms with Crippen LogP contribution in [0.2, 0.25) is 0 Å². The van der Waals surface area contributed by atoms with E-state index in [0.29, 0.717) is 11.5 Å². The van der Waals surface area contributed by atoms with Gasteiger partial charge in [0.25, 0.3) is 11.7 Å². The van der Waals surface area contributed by atoms with E-state index in [9.17, 15) is 13.6 Å². The van der Waals surface area contributed by atoms with Crippen molar-refractivity contribution in [1.82, 2.24) is 9.88 Å². The number of methoxy groups -OCH3 is 2. The number of alkyl halides is 2. The highest BCUT2D eigenvalue weighted by Crippen LogP contribution is 2.29. The number of halogens is 2. The zero-order chi connectivity index (χ0) is 18.4. The van der Waals surface area contributed by atoms with Gasteiger partial charge in [0, 0.05) is 19.8 Å². The molecule has 1 aromatic carbocycles. The molecule has 0 saturated heterocycles. The minimum Gasteiger partial charge on any atom is -0.493 e. The SMILES string of the molecule is COc1ccc(CN(C)C(=O)c2cccnc2SC(F)F)cc1OC. The van der Waals surface area contributed by atoms with Crippen LogP contribution < -0.4 is 9.47 Å². The van der Waals surface area contributed by atoms with Crippen molar-refractivity contribution in [1.29, 1.82) is 0 Å². The number of carbonyl (C=O) groups is 1. The third kappa shape index (κ3) is 4.82. The average molecular weight is 368 g/mol. The van der Waals surface area contributed by atoms with Gasteiger partial charge >= 0.3 is 0 Å². The molecule has 8 heteroatoms. The number of aromatic nitrogens is 1. The number of carbonyl (C=O) groups excluding carboxylic acids is 1. The summed E-state index contributed by atoms with van der Waals surface area (Å²) in [5.74, 6) is -1.89. The van der Waals surface area contributed by atoms with Gasteiger partial charge in [-0.2, -0.15) is 8.78 Å². The van der Waals surface area contributed by atoms with Gasteiger partial charge in [0.1, 0.15) is 5.03 Å². The molecule has 5 nitrogen and oxygen atoms in total. The number of amides is 1. The van der Waals surface area contributed by atoms with E-state index in [2.05, 4.69) is 4.98 Å². The van der Waals surface area contributed by atoms with Crippen molar-refractivity contribution in [3.05, 3.63) is 47.7 Å². The molecule has 0 atom stereocenters. The molecule has 1 heterocycles. The number of nitrogens with zero attached hydrogens (tertiary/aromatic N) is 2. The second-order valence-corrected chi connectivity index (χ2v) is 6.06. The fraction of sp³-hybridized carbons (Fsp3) is 0.294. The summed E-state index contributed by atoms with van der Waals surface area (Å²) >= 11 is 0.260. The third-order valence-corrected chi connectivity index (χ3v) is 4.14. The Bertz CT molecular complexity index is 744. The second kappa shape index (κ2) is 8.66. The molecular weight excluding hydrogens is 350 g/mol. The summed E-state index contributed by atoms with van der Waals surface area (Å²) in [5.41, 5.74) is 0.969. The first-order chi connectivity index (χ1) is 12.0. The maximum absolute atomic E-state index is 12.6. The van der Waals surface area contributed by atoms with Crippen molar-refractivity contribution in [2.45, 2.75) is 17.3 Å². The molecule has 25 heavy (non-hydrogen) atoms. The summed E-state index contributed by atoms with van der Waals surface area (Å²) in [6.07, 6.45) is 1.38. The molecule has 2 rings (SSSR count). The molecule has 0 N–H and O–H groups in total. The lowest BCUT2D eigenvalue weighted by Gasteiger charge is -2.19. The van der Waals surface area contributed by atoms with Gasteiger partial charge in [-0.25, -0.2) is 4.98 Å². The standard InChI is InChI=1S/C17H18F2N2O3S/c1-21(10-11-6-7-13(23-2)14(9-11)24-3)16(22)12-5-4-8-20-15(12)25-17(18)19/h4-9,17H,10H2,1-3H3. The van der Waals surface area contributed by atoms with Crippen molar-refractivity contribution < 1.29 is 23.0 Å². The van der Waals surface area contributed by atoms with Crippen LogP contribution in [0.1, 0.15) is 15.9 Å². The molecule has 1 aromatic heterocycles. The Labute approximate surface area is 149 Å². The van der Waals surface area contributed by atoms with Crippen LogP contribution in [0.25, 0.3) is 0 Å². The Morgan fingerprint density at radius 2 is 1.96 bits per heavy atom. The number of hydrogen-bond donors (Lipinski definition) is 0. The lowest BCUT2D eigenvalue weighted by atomic mass is 10.1. The van der Waals surface area contributed by atoms with E-state index in [1.54, 1.807) is 25.2 Å². The topological polar surface area (TPSA) is 51.7 Å². The highest BCUT2D eigenvalue weighted by atomic mass is 32.2. The Morgan fingerprint density at radius 1 is 1.24 bits per heavy atom. The number of benzene rings is 1. The van der Waals surface area contributed by atoms with E-state index >= 15 is 0 Å². The maximum Gasteiger partial charge on any atom is 0.290 e. The summed E-state index contributed by atoms with van der Waals surface area (Å²) in [7, 11) is 4.67. The number of thioether (sulfide) groups is 1. The van der Waals surface area contributed by atoms with Crippen molar-refractivity contribution in [3.8, 4) is 11.5 Å². The Kier molecular flexibility index (Phi) is 6.58. The Balaban J connectivity index is 2.18. The van der Waals surface area contributed by atoms with Gasteiger partial charge in [-0.3, -0.25) is 4.79 Å². The van der Waals surface area contributed by atoms with E-state index in [1.165, 1.54) is 31.4 Å². The van der Waals surface area contributed by atoms with Crippen LogP contribution >= 0.6 is 11.8 Å². The first-order valence-corrected chi connectivity index (χ1v) is 8.20. The van der Waals surface area contributed by atoms with E-state index in [-0.39, 0.29) is 34.8 Å². The second-order valence-electron chi connectivity index (χ2n) is 5.09. The van der Waals surface area contributed by atoms with Crippen LogP contribution in [0.5, 0.6) is 11.5 Å². The van der Waals surface area contributed by atoms with Gasteiger partial charge in [0.05, 0.1) is 19.8 Å². The largest absolute Gasteiger partial charge is 0.493 e. The summed E-state index contributed by atoms with van der Waals surface area (Å²) in [6, 6.07) is 8.36. The molecule has 0 aliphatic heterocycles. The number of hydrogen-bond acceptors (Lipinski definition) is 5. The summed E-state index contributed by atoms with van der Waals surface area (Å²) in [5, 5.41) is 0.0154. The predicted octanol–water partition coefficient (Wildman–Crippen LogP) is 3.69. The summed E-state index contributed by atoms with van der Waals surface area (Å²) < 4.78 is 35.7. The minimum atomic E-state index is -2.64. The van der Waals surface area contributed by atoms with Crippen molar-refractivity contribution in [2.24, 2.45) is 0 Å². The molecule has 0 spiro atoms. The van der Waals surface area contributed by atoms with Gasteiger partial charge in [-0.05, 0) is 41.6 Å². The quantitative estimate of drug-likeness (QED) is 0.698. The highest BCUT2D eigenvalue weighted by molar-refractivity contribution is 7.99. The Morgan fingerprint density at radius 3 is 2.60 bits per heavy atom. The van der Waals surface area contributed by atoms with Crippen LogP contribution in [0, 0.1) is 0 Å². The number of rotatable bonds is 7. The summed E-state index contributed by atoms with van der Waals surface area (Å²) in [6.45, 7) is 0.285. The van der Waals surface area contributed by atoms with Crippen LogP contribution in [0.4, 0.5) is 8.78 Å². The zero-order valence-electron chi connectivity index (χ0n) is 14.0. The van der Waals surface area contributed by atoms with Crippen LogP contribution in [0.3, 0.4) is 0 Å². The van der Waals surface area contributed by atoms with Crippen LogP contribution in [-0.2, 0) is 6.54 Å². The molecule has 0 unspecified atom stereocenters. The molecule has 0 saturated carbocycles. The molecular formula is C17H18F2N2O3S. The molecule has 2 aromatic rings. The molecule has 0 aliphatic rings. The lowest BCUT2D eigenvalue weighted by molar-refractivity contribution is 0.0780. The van der Waals surface area contributed by atoms with Gasteiger partial charge in [0.15, 0.2) is 11.5 Å². The van der Waals surface area contributed by atoms with E-state index in [4.69, 9.17) is 9.47 Å². The van der Waals surface area contributed by atoms with Crippen molar-refractivity contribution >= 4 is 17.7 Å². The van der Waals surface area contributed by atoms with E-state index in [0.717, 1.165) is 5.56 Å². The summed E-state index contributed by atoms with van der Waals surface area (Å²) in [4.78, 5) is 17.9. The van der Waals surface area contributed by atoms with Crippen molar-refractivity contribution in [2.75, 3.05) is 21.3 Å². The molecule has 0 fully saturated rings. The molecule has 0 aliphatic carbocycles. The molecule has 0 bridgehead atoms. The first kappa shape index (κ1) is 19.0. The minimum absolute atomic E-state index is 0.0154. The van der Waals surface area contributed by atoms with Gasteiger partial charge in [0.2, 0.25) is 0 Å². The normalized spacial score (nSPS) is 10.6. The molecule has 134 valence electrons. The fourth-order valence-corrected chi connectivity index (χ4v) is 2.83. The number of ether oxygens (including phenoxy) is 2. The first-order valence-electron chi connectivity index (χ1n) is 7.32. The maximum atomic E-state index is 12.6. The fourth-order valence-electron chi connectivity index (χ4n) is 2.26. The van der Waals surface area contributed by atoms with Crippen LogP contribution in [0.15, 0.2) is 41.6 Å². The highest BCUT2D eigenvalue weighted by Gasteiger charge is 2.20.